The van der Waals surface area contributed by atoms with Crippen LogP contribution in [0.5, 0.6) is 0 Å². The van der Waals surface area contributed by atoms with Gasteiger partial charge in [-0.05, 0) is 49.9 Å². The van der Waals surface area contributed by atoms with Crippen molar-refractivity contribution in [2.45, 2.75) is 27.2 Å². The van der Waals surface area contributed by atoms with E-state index in [-0.39, 0.29) is 12.5 Å². The molecule has 0 saturated heterocycles. The summed E-state index contributed by atoms with van der Waals surface area (Å²) in [7, 11) is 0. The molecule has 0 saturated carbocycles. The Bertz CT molecular complexity index is 787. The van der Waals surface area contributed by atoms with Crippen LogP contribution >= 0.6 is 0 Å². The fourth-order valence-electron chi connectivity index (χ4n) is 3.38. The lowest BCUT2D eigenvalue weighted by Crippen LogP contribution is -2.33. The van der Waals surface area contributed by atoms with Gasteiger partial charge in [-0.15, -0.1) is 0 Å². The van der Waals surface area contributed by atoms with E-state index in [1.54, 1.807) is 4.90 Å². The van der Waals surface area contributed by atoms with E-state index in [0.717, 1.165) is 34.4 Å². The Morgan fingerprint density at radius 2 is 1.75 bits per heavy atom. The van der Waals surface area contributed by atoms with Crippen LogP contribution in [0, 0.1) is 20.8 Å². The van der Waals surface area contributed by atoms with Crippen molar-refractivity contribution < 1.29 is 14.3 Å². The van der Waals surface area contributed by atoms with E-state index < -0.39 is 5.97 Å². The van der Waals surface area contributed by atoms with Crippen molar-refractivity contribution in [2.24, 2.45) is 0 Å². The fraction of sp³-hybridized carbons (Fsp3) is 0.300. The van der Waals surface area contributed by atoms with Crippen molar-refractivity contribution in [3.8, 4) is 0 Å². The summed E-state index contributed by atoms with van der Waals surface area (Å²) in [6.45, 7) is 6.16. The highest BCUT2D eigenvalue weighted by Crippen LogP contribution is 2.27. The minimum Gasteiger partial charge on any atom is -0.452 e. The zero-order valence-electron chi connectivity index (χ0n) is 14.3. The standard InChI is InChI=1S/C20H21NO3/c1-13-10-14(2)19(15(3)11-13)20(23)24-12-18(22)21-9-8-16-6-4-5-7-17(16)21/h4-7,10-11H,8-9,12H2,1-3H3. The number of benzene rings is 2. The Morgan fingerprint density at radius 1 is 1.08 bits per heavy atom. The van der Waals surface area contributed by atoms with Crippen LogP contribution in [0.15, 0.2) is 36.4 Å². The molecule has 2 aromatic rings. The molecule has 24 heavy (non-hydrogen) atoms. The molecule has 0 radical (unpaired) electrons. The second kappa shape index (κ2) is 6.48. The van der Waals surface area contributed by atoms with Gasteiger partial charge in [-0.25, -0.2) is 4.79 Å². The number of carbonyl (C=O) groups excluding carboxylic acids is 2. The first-order valence-electron chi connectivity index (χ1n) is 8.10. The number of ether oxygens (including phenoxy) is 1. The van der Waals surface area contributed by atoms with Crippen molar-refractivity contribution in [3.63, 3.8) is 0 Å². The molecule has 2 aromatic carbocycles. The molecule has 1 aliphatic heterocycles. The number of aryl methyl sites for hydroxylation is 3. The lowest BCUT2D eigenvalue weighted by atomic mass is 10.00. The first-order chi connectivity index (χ1) is 11.5. The molecule has 4 heteroatoms. The van der Waals surface area contributed by atoms with Gasteiger partial charge >= 0.3 is 5.97 Å². The Morgan fingerprint density at radius 3 is 2.46 bits per heavy atom. The maximum absolute atomic E-state index is 12.4. The average Bonchev–Trinajstić information content (AvgIpc) is 2.95. The number of anilines is 1. The minimum atomic E-state index is -0.439. The molecule has 0 aromatic heterocycles. The zero-order chi connectivity index (χ0) is 17.3. The van der Waals surface area contributed by atoms with Crippen LogP contribution in [0.4, 0.5) is 5.69 Å². The summed E-state index contributed by atoms with van der Waals surface area (Å²) >= 11 is 0. The Balaban J connectivity index is 1.68. The van der Waals surface area contributed by atoms with Gasteiger partial charge in [-0.2, -0.15) is 0 Å². The molecule has 0 atom stereocenters. The maximum atomic E-state index is 12.4. The first-order valence-corrected chi connectivity index (χ1v) is 8.10. The number of nitrogens with zero attached hydrogens (tertiary/aromatic N) is 1. The summed E-state index contributed by atoms with van der Waals surface area (Å²) in [4.78, 5) is 26.5. The molecule has 0 N–H and O–H groups in total. The van der Waals surface area contributed by atoms with Crippen LogP contribution in [-0.2, 0) is 16.0 Å². The molecule has 1 aliphatic rings. The van der Waals surface area contributed by atoms with E-state index in [0.29, 0.717) is 12.1 Å². The molecule has 0 aliphatic carbocycles. The van der Waals surface area contributed by atoms with Crippen LogP contribution in [0.25, 0.3) is 0 Å². The molecular weight excluding hydrogens is 302 g/mol. The van der Waals surface area contributed by atoms with E-state index >= 15 is 0 Å². The van der Waals surface area contributed by atoms with Crippen molar-refractivity contribution >= 4 is 17.6 Å². The number of fused-ring (bicyclic) bond motifs is 1. The zero-order valence-corrected chi connectivity index (χ0v) is 14.3. The van der Waals surface area contributed by atoms with E-state index in [4.69, 9.17) is 4.74 Å². The summed E-state index contributed by atoms with van der Waals surface area (Å²) in [6, 6.07) is 11.7. The normalized spacial score (nSPS) is 12.9. The average molecular weight is 323 g/mol. The lowest BCUT2D eigenvalue weighted by Gasteiger charge is -2.17. The highest BCUT2D eigenvalue weighted by atomic mass is 16.5. The molecule has 3 rings (SSSR count). The third-order valence-electron chi connectivity index (χ3n) is 4.40. The maximum Gasteiger partial charge on any atom is 0.339 e. The summed E-state index contributed by atoms with van der Waals surface area (Å²) in [5.74, 6) is -0.624. The Labute approximate surface area is 142 Å². The number of hydrogen-bond acceptors (Lipinski definition) is 3. The SMILES string of the molecule is Cc1cc(C)c(C(=O)OCC(=O)N2CCc3ccccc32)c(C)c1. The summed E-state index contributed by atoms with van der Waals surface area (Å²) in [5.41, 5.74) is 5.47. The molecule has 1 amide bonds. The van der Waals surface area contributed by atoms with Crippen LogP contribution in [0.1, 0.15) is 32.6 Å². The molecule has 0 spiro atoms. The van der Waals surface area contributed by atoms with Gasteiger partial charge in [0.2, 0.25) is 0 Å². The van der Waals surface area contributed by atoms with Gasteiger partial charge in [-0.3, -0.25) is 4.79 Å². The first kappa shape index (κ1) is 16.2. The largest absolute Gasteiger partial charge is 0.452 e. The highest BCUT2D eigenvalue weighted by Gasteiger charge is 2.25. The van der Waals surface area contributed by atoms with Crippen molar-refractivity contribution in [2.75, 3.05) is 18.1 Å². The third kappa shape index (κ3) is 3.04. The molecule has 4 nitrogen and oxygen atoms in total. The van der Waals surface area contributed by atoms with Crippen LogP contribution < -0.4 is 4.90 Å². The van der Waals surface area contributed by atoms with Crippen molar-refractivity contribution in [3.05, 3.63) is 64.2 Å². The van der Waals surface area contributed by atoms with Crippen LogP contribution in [0.3, 0.4) is 0 Å². The number of hydrogen-bond donors (Lipinski definition) is 0. The third-order valence-corrected chi connectivity index (χ3v) is 4.40. The highest BCUT2D eigenvalue weighted by molar-refractivity contribution is 5.99. The van der Waals surface area contributed by atoms with E-state index in [1.807, 2.05) is 57.2 Å². The van der Waals surface area contributed by atoms with Gasteiger partial charge < -0.3 is 9.64 Å². The second-order valence-electron chi connectivity index (χ2n) is 6.27. The molecule has 0 fully saturated rings. The summed E-state index contributed by atoms with van der Waals surface area (Å²) in [6.07, 6.45) is 0.839. The molecule has 0 bridgehead atoms. The quantitative estimate of drug-likeness (QED) is 0.814. The fourth-order valence-corrected chi connectivity index (χ4v) is 3.38. The van der Waals surface area contributed by atoms with Gasteiger partial charge in [0.25, 0.3) is 5.91 Å². The Hall–Kier alpha value is -2.62. The second-order valence-corrected chi connectivity index (χ2v) is 6.27. The minimum absolute atomic E-state index is 0.185. The number of esters is 1. The lowest BCUT2D eigenvalue weighted by molar-refractivity contribution is -0.121. The Kier molecular flexibility index (Phi) is 4.38. The van der Waals surface area contributed by atoms with E-state index in [9.17, 15) is 9.59 Å². The topological polar surface area (TPSA) is 46.6 Å². The van der Waals surface area contributed by atoms with Gasteiger partial charge in [0.1, 0.15) is 0 Å². The molecule has 1 heterocycles. The number of rotatable bonds is 3. The number of carbonyl (C=O) groups is 2. The van der Waals surface area contributed by atoms with Crippen LogP contribution in [0.2, 0.25) is 0 Å². The number of para-hydroxylation sites is 1. The monoisotopic (exact) mass is 323 g/mol. The molecule has 124 valence electrons. The van der Waals surface area contributed by atoms with Gasteiger partial charge in [0.15, 0.2) is 6.61 Å². The van der Waals surface area contributed by atoms with Gasteiger partial charge in [0, 0.05) is 12.2 Å². The molecular formula is C20H21NO3. The summed E-state index contributed by atoms with van der Waals surface area (Å²) < 4.78 is 5.29. The predicted octanol–water partition coefficient (Wildman–Crippen LogP) is 3.36. The van der Waals surface area contributed by atoms with E-state index in [1.165, 1.54) is 0 Å². The van der Waals surface area contributed by atoms with Crippen molar-refractivity contribution in [1.29, 1.82) is 0 Å². The molecule has 0 unspecified atom stereocenters. The summed E-state index contributed by atoms with van der Waals surface area (Å²) in [5, 5.41) is 0. The van der Waals surface area contributed by atoms with Crippen LogP contribution in [-0.4, -0.2) is 25.0 Å². The van der Waals surface area contributed by atoms with Crippen molar-refractivity contribution in [1.82, 2.24) is 0 Å². The predicted molar refractivity (Wildman–Crippen MR) is 93.4 cm³/mol. The van der Waals surface area contributed by atoms with Gasteiger partial charge in [0.05, 0.1) is 5.56 Å². The van der Waals surface area contributed by atoms with Gasteiger partial charge in [-0.1, -0.05) is 35.9 Å². The number of amides is 1. The van der Waals surface area contributed by atoms with E-state index in [2.05, 4.69) is 0 Å². The smallest absolute Gasteiger partial charge is 0.339 e.